The van der Waals surface area contributed by atoms with Crippen LogP contribution in [0.3, 0.4) is 0 Å². The molecule has 1 aliphatic heterocycles. The highest BCUT2D eigenvalue weighted by atomic mass is 15.2. The lowest BCUT2D eigenvalue weighted by atomic mass is 9.82. The van der Waals surface area contributed by atoms with Crippen LogP contribution in [0.15, 0.2) is 175 Å². The molecule has 10 aromatic rings. The molecule has 3 unspecified atom stereocenters. The number of benzene rings is 8. The zero-order valence-electron chi connectivity index (χ0n) is 45.5. The van der Waals surface area contributed by atoms with E-state index in [4.69, 9.17) is 0 Å². The van der Waals surface area contributed by atoms with Gasteiger partial charge in [0.05, 0.1) is 78.6 Å². The first kappa shape index (κ1) is 49.6. The molecule has 9 nitrogen and oxygen atoms in total. The van der Waals surface area contributed by atoms with Crippen LogP contribution < -0.4 is 4.90 Å². The van der Waals surface area contributed by atoms with Crippen molar-refractivity contribution >= 4 is 49.3 Å². The number of nitrogens with zero attached hydrogens (tertiary/aromatic N) is 9. The van der Waals surface area contributed by atoms with E-state index in [1.165, 1.54) is 11.1 Å². The molecule has 0 N–H and O–H groups in total. The summed E-state index contributed by atoms with van der Waals surface area (Å²) in [6.45, 7) is 12.5. The number of hydrogen-bond donors (Lipinski definition) is 0. The van der Waals surface area contributed by atoms with Gasteiger partial charge in [-0.25, -0.2) is 0 Å². The third kappa shape index (κ3) is 7.84. The molecule has 2 aromatic heterocycles. The molecule has 9 heteroatoms. The highest BCUT2D eigenvalue weighted by Crippen LogP contribution is 2.49. The van der Waals surface area contributed by atoms with Crippen molar-refractivity contribution < 1.29 is 0 Å². The van der Waals surface area contributed by atoms with Crippen LogP contribution in [0.2, 0.25) is 0 Å². The Kier molecular flexibility index (Phi) is 11.6. The summed E-state index contributed by atoms with van der Waals surface area (Å²) in [6.07, 6.45) is 11.8. The number of fused-ring (bicyclic) bond motifs is 8. The van der Waals surface area contributed by atoms with Gasteiger partial charge in [-0.1, -0.05) is 83.3 Å². The summed E-state index contributed by atoms with van der Waals surface area (Å²) in [6, 6.07) is 56.3. The van der Waals surface area contributed by atoms with Crippen LogP contribution in [0.4, 0.5) is 5.69 Å². The summed E-state index contributed by atoms with van der Waals surface area (Å²) in [5.74, 6) is 0.435. The van der Waals surface area contributed by atoms with Gasteiger partial charge in [0.1, 0.15) is 36.4 Å². The molecule has 81 heavy (non-hydrogen) atoms. The maximum absolute atomic E-state index is 11.2. The second-order valence-corrected chi connectivity index (χ2v) is 22.1. The molecule has 3 atom stereocenters. The first-order valence-electron chi connectivity index (χ1n) is 27.0. The molecule has 2 aliphatic carbocycles. The minimum atomic E-state index is -0.126. The molecule has 0 spiro atoms. The fraction of sp³-hybridized carbons (Fsp3) is 0.139. The van der Waals surface area contributed by atoms with Crippen LogP contribution in [0.5, 0.6) is 0 Å². The van der Waals surface area contributed by atoms with Gasteiger partial charge in [0, 0.05) is 33.2 Å². The Morgan fingerprint density at radius 1 is 0.395 bits per heavy atom. The Labute approximate surface area is 469 Å². The average Bonchev–Trinajstić information content (AvgIpc) is 4.33. The van der Waals surface area contributed by atoms with Gasteiger partial charge >= 0.3 is 0 Å². The zero-order chi connectivity index (χ0) is 56.1. The Balaban J connectivity index is 1.04. The number of nitriles is 6. The first-order valence-corrected chi connectivity index (χ1v) is 27.0. The second-order valence-electron chi connectivity index (χ2n) is 22.1. The number of rotatable bonds is 6. The number of allylic oxidation sites excluding steroid dienone is 4. The smallest absolute Gasteiger partial charge is 0.101 e. The van der Waals surface area contributed by atoms with Gasteiger partial charge in [-0.3, -0.25) is 0 Å². The van der Waals surface area contributed by atoms with Crippen LogP contribution in [0.1, 0.15) is 75.9 Å². The molecule has 0 amide bonds. The highest BCUT2D eigenvalue weighted by molar-refractivity contribution is 6.11. The Morgan fingerprint density at radius 3 is 1.07 bits per heavy atom. The first-order chi connectivity index (χ1) is 39.3. The number of aromatic nitrogens is 2. The fourth-order valence-corrected chi connectivity index (χ4v) is 13.0. The highest BCUT2D eigenvalue weighted by Gasteiger charge is 2.42. The van der Waals surface area contributed by atoms with Crippen LogP contribution in [0.25, 0.3) is 88.4 Å². The van der Waals surface area contributed by atoms with Crippen molar-refractivity contribution in [2.24, 2.45) is 11.8 Å². The normalized spacial score (nSPS) is 16.2. The predicted molar refractivity (Wildman–Crippen MR) is 321 cm³/mol. The van der Waals surface area contributed by atoms with Gasteiger partial charge in [0.15, 0.2) is 0 Å². The molecule has 3 heterocycles. The Bertz CT molecular complexity index is 4460. The molecule has 0 bridgehead atoms. The third-order valence-electron chi connectivity index (χ3n) is 16.6. The Hall–Kier alpha value is -10.9. The summed E-state index contributed by atoms with van der Waals surface area (Å²) >= 11 is 0. The van der Waals surface area contributed by atoms with Gasteiger partial charge < -0.3 is 14.0 Å². The van der Waals surface area contributed by atoms with Gasteiger partial charge in [-0.15, -0.1) is 0 Å². The largest absolute Gasteiger partial charge is 0.331 e. The van der Waals surface area contributed by atoms with Crippen LogP contribution in [-0.2, 0) is 0 Å². The van der Waals surface area contributed by atoms with E-state index in [1.54, 1.807) is 24.3 Å². The predicted octanol–water partition coefficient (Wildman–Crippen LogP) is 16.5. The van der Waals surface area contributed by atoms with Gasteiger partial charge in [-0.05, 0) is 195 Å². The molecule has 13 rings (SSSR count). The van der Waals surface area contributed by atoms with E-state index in [0.29, 0.717) is 67.5 Å². The van der Waals surface area contributed by atoms with Gasteiger partial charge in [-0.2, -0.15) is 31.6 Å². The van der Waals surface area contributed by atoms with Crippen molar-refractivity contribution in [2.45, 2.75) is 54.0 Å². The molecule has 8 aromatic carbocycles. The Morgan fingerprint density at radius 2 is 0.728 bits per heavy atom. The minimum Gasteiger partial charge on any atom is -0.331 e. The second kappa shape index (κ2) is 18.9. The quantitative estimate of drug-likeness (QED) is 0.160. The van der Waals surface area contributed by atoms with E-state index in [9.17, 15) is 31.6 Å². The van der Waals surface area contributed by atoms with Gasteiger partial charge in [0.25, 0.3) is 0 Å². The molecule has 0 fully saturated rings. The molecule has 0 saturated carbocycles. The summed E-state index contributed by atoms with van der Waals surface area (Å²) in [4.78, 5) is 2.17. The van der Waals surface area contributed by atoms with E-state index in [1.807, 2.05) is 116 Å². The van der Waals surface area contributed by atoms with Crippen molar-refractivity contribution in [1.82, 2.24) is 9.13 Å². The van der Waals surface area contributed by atoms with Crippen LogP contribution in [0, 0.1) is 108 Å². The van der Waals surface area contributed by atoms with Crippen molar-refractivity contribution in [2.75, 3.05) is 4.90 Å². The van der Waals surface area contributed by atoms with E-state index in [-0.39, 0.29) is 34.2 Å². The maximum atomic E-state index is 11.2. The minimum absolute atomic E-state index is 0.0899. The lowest BCUT2D eigenvalue weighted by molar-refractivity contribution is 0.612. The molecule has 0 radical (unpaired) electrons. The molecule has 382 valence electrons. The van der Waals surface area contributed by atoms with E-state index in [2.05, 4.69) is 110 Å². The fourth-order valence-electron chi connectivity index (χ4n) is 13.0. The van der Waals surface area contributed by atoms with E-state index < -0.39 is 0 Å². The summed E-state index contributed by atoms with van der Waals surface area (Å²) in [7, 11) is 0. The molecular formula is C72H49N9. The van der Waals surface area contributed by atoms with Gasteiger partial charge in [0.2, 0.25) is 0 Å². The maximum Gasteiger partial charge on any atom is 0.101 e. The lowest BCUT2D eigenvalue weighted by Crippen LogP contribution is -2.34. The topological polar surface area (TPSA) is 156 Å². The summed E-state index contributed by atoms with van der Waals surface area (Å²) < 4.78 is 4.03. The van der Waals surface area contributed by atoms with Crippen molar-refractivity contribution in [3.63, 3.8) is 0 Å². The van der Waals surface area contributed by atoms with Crippen LogP contribution in [-0.4, -0.2) is 15.2 Å². The summed E-state index contributed by atoms with van der Waals surface area (Å²) in [5.41, 5.74) is 18.2. The number of aryl methyl sites for hydroxylation is 4. The SMILES string of the molecule is CC1=CC2C3=C(C=CC(C)C3)N(c3c(C#N)cc(-c4cc(-c5cc(C#N)c(-n6c7ccc(C)cc7c7cc(C)ccc76)c(C#N)c5)cc(-c5cc(C#N)c(-n6c7ccc(C)cc7c7cc(C)ccc76)c(C#N)c5)c4)cc3C#N)C2C=C1. The zero-order valence-corrected chi connectivity index (χ0v) is 45.5. The summed E-state index contributed by atoms with van der Waals surface area (Å²) in [5, 5.41) is 71.1. The van der Waals surface area contributed by atoms with E-state index in [0.717, 1.165) is 78.0 Å². The van der Waals surface area contributed by atoms with Crippen molar-refractivity contribution in [1.29, 1.82) is 31.6 Å². The monoisotopic (exact) mass is 1040 g/mol. The molecular weight excluding hydrogens is 991 g/mol. The third-order valence-corrected chi connectivity index (χ3v) is 16.6. The molecule has 0 saturated heterocycles. The van der Waals surface area contributed by atoms with Crippen molar-refractivity contribution in [3.05, 3.63) is 230 Å². The van der Waals surface area contributed by atoms with E-state index >= 15 is 0 Å². The molecule has 3 aliphatic rings. The average molecular weight is 1040 g/mol. The standard InChI is InChI=1S/C72H49N9/c1-40-7-13-64-58(19-40)59-20-41(2)8-14-65(59)79(64)70-52(34-73)28-49(29-53(70)35-74)46-25-47(50-30-54(36-75)71(55(31-50)37-76)80-66-15-9-42(3)21-60(66)61-22-43(4)10-16-67(61)80)27-48(26-46)51-32-56(38-77)72(57(33-51)39-78)81-68-17-11-44(5)23-62(68)63-24-45(6)12-18-69(63)81/h7-23,25-33,45,62,68H,24H2,1-6H3. The number of hydrogen-bond acceptors (Lipinski definition) is 7. The van der Waals surface area contributed by atoms with Crippen molar-refractivity contribution in [3.8, 4) is 81.2 Å². The van der Waals surface area contributed by atoms with Crippen LogP contribution >= 0.6 is 0 Å². The lowest BCUT2D eigenvalue weighted by Gasteiger charge is -2.32. The number of anilines is 1.